The molecule has 0 bridgehead atoms. The lowest BCUT2D eigenvalue weighted by molar-refractivity contribution is -0.174. The van der Waals surface area contributed by atoms with Crippen molar-refractivity contribution in [2.75, 3.05) is 38.6 Å². The van der Waals surface area contributed by atoms with Crippen LogP contribution in [-0.4, -0.2) is 82.3 Å². The summed E-state index contributed by atoms with van der Waals surface area (Å²) in [6.07, 6.45) is -2.25. The van der Waals surface area contributed by atoms with Crippen molar-refractivity contribution in [1.82, 2.24) is 10.6 Å². The Morgan fingerprint density at radius 2 is 2.07 bits per heavy atom. The van der Waals surface area contributed by atoms with Gasteiger partial charge in [0.25, 0.3) is 10.1 Å². The first-order valence-electron chi connectivity index (χ1n) is 9.27. The zero-order chi connectivity index (χ0) is 21.4. The van der Waals surface area contributed by atoms with Gasteiger partial charge in [-0.25, -0.2) is 4.79 Å². The molecule has 0 saturated carbocycles. The minimum atomic E-state index is -3.85. The van der Waals surface area contributed by atoms with Crippen LogP contribution in [0.25, 0.3) is 0 Å². The number of aliphatic hydroxyl groups excluding tert-OH is 1. The fraction of sp³-hybridized carbons (Fsp3) is 0.882. The molecule has 1 heterocycles. The molecule has 1 saturated heterocycles. The topological polar surface area (TPSA) is 140 Å². The molecule has 164 valence electrons. The molecule has 1 fully saturated rings. The van der Waals surface area contributed by atoms with Crippen LogP contribution >= 0.6 is 0 Å². The summed E-state index contributed by atoms with van der Waals surface area (Å²) in [5, 5.41) is 15.9. The SMILES string of the molecule is CC(=O)NCCCS(=O)(=O)OCC(C)(C)C(O)C(=O)OC(C)C1CNCCO1. The highest BCUT2D eigenvalue weighted by atomic mass is 32.2. The molecular weight excluding hydrogens is 392 g/mol. The van der Waals surface area contributed by atoms with Crippen molar-refractivity contribution in [3.8, 4) is 0 Å². The van der Waals surface area contributed by atoms with Crippen LogP contribution in [0.15, 0.2) is 0 Å². The molecule has 0 aromatic carbocycles. The predicted molar refractivity (Wildman–Crippen MR) is 101 cm³/mol. The summed E-state index contributed by atoms with van der Waals surface area (Å²) in [6, 6.07) is 0. The number of carbonyl (C=O) groups is 2. The van der Waals surface area contributed by atoms with Crippen LogP contribution in [0.2, 0.25) is 0 Å². The number of morpholine rings is 1. The van der Waals surface area contributed by atoms with Crippen molar-refractivity contribution in [3.05, 3.63) is 0 Å². The van der Waals surface area contributed by atoms with Gasteiger partial charge in [0.05, 0.1) is 19.0 Å². The fourth-order valence-electron chi connectivity index (χ4n) is 2.42. The second-order valence-electron chi connectivity index (χ2n) is 7.51. The number of esters is 1. The summed E-state index contributed by atoms with van der Waals surface area (Å²) in [6.45, 7) is 7.63. The molecule has 3 N–H and O–H groups in total. The third-order valence-electron chi connectivity index (χ3n) is 4.30. The Hall–Kier alpha value is -1.27. The maximum Gasteiger partial charge on any atom is 0.335 e. The zero-order valence-electron chi connectivity index (χ0n) is 16.9. The lowest BCUT2D eigenvalue weighted by Gasteiger charge is -2.32. The van der Waals surface area contributed by atoms with E-state index >= 15 is 0 Å². The molecule has 1 amide bonds. The smallest absolute Gasteiger partial charge is 0.335 e. The molecule has 1 aliphatic heterocycles. The summed E-state index contributed by atoms with van der Waals surface area (Å²) in [5.41, 5.74) is -1.19. The van der Waals surface area contributed by atoms with E-state index in [1.807, 2.05) is 0 Å². The molecule has 10 nitrogen and oxygen atoms in total. The van der Waals surface area contributed by atoms with Gasteiger partial charge in [0, 0.05) is 32.0 Å². The normalized spacial score (nSPS) is 20.2. The van der Waals surface area contributed by atoms with Crippen LogP contribution < -0.4 is 10.6 Å². The molecule has 0 aromatic heterocycles. The van der Waals surface area contributed by atoms with Gasteiger partial charge in [0.2, 0.25) is 5.91 Å². The van der Waals surface area contributed by atoms with Crippen LogP contribution in [0.3, 0.4) is 0 Å². The van der Waals surface area contributed by atoms with E-state index in [4.69, 9.17) is 13.7 Å². The van der Waals surface area contributed by atoms with E-state index in [2.05, 4.69) is 10.6 Å². The molecule has 0 spiro atoms. The molecule has 3 atom stereocenters. The minimum Gasteiger partial charge on any atom is -0.458 e. The first-order valence-corrected chi connectivity index (χ1v) is 10.8. The van der Waals surface area contributed by atoms with Crippen LogP contribution in [0.4, 0.5) is 0 Å². The van der Waals surface area contributed by atoms with E-state index in [0.29, 0.717) is 13.2 Å². The highest BCUT2D eigenvalue weighted by molar-refractivity contribution is 7.86. The predicted octanol–water partition coefficient (Wildman–Crippen LogP) is -0.834. The molecule has 0 aromatic rings. The van der Waals surface area contributed by atoms with Gasteiger partial charge in [-0.15, -0.1) is 0 Å². The number of rotatable bonds is 11. The van der Waals surface area contributed by atoms with Gasteiger partial charge in [-0.3, -0.25) is 8.98 Å². The molecule has 1 aliphatic rings. The molecule has 0 aliphatic carbocycles. The van der Waals surface area contributed by atoms with Crippen molar-refractivity contribution in [2.45, 2.75) is 52.4 Å². The standard InChI is InChI=1S/C17H32N2O8S/c1-12(14-10-18-7-8-25-14)27-16(22)15(21)17(3,4)11-26-28(23,24)9-5-6-19-13(2)20/h12,14-15,18,21H,5-11H2,1-4H3,(H,19,20). The van der Waals surface area contributed by atoms with Gasteiger partial charge in [0.1, 0.15) is 12.2 Å². The maximum absolute atomic E-state index is 12.2. The average Bonchev–Trinajstić information content (AvgIpc) is 2.63. The Bertz CT molecular complexity index is 617. The average molecular weight is 425 g/mol. The Morgan fingerprint density at radius 3 is 2.64 bits per heavy atom. The lowest BCUT2D eigenvalue weighted by Crippen LogP contribution is -2.48. The Kier molecular flexibility index (Phi) is 9.78. The van der Waals surface area contributed by atoms with Crippen LogP contribution in [0.1, 0.15) is 34.1 Å². The number of amides is 1. The second-order valence-corrected chi connectivity index (χ2v) is 9.27. The Balaban J connectivity index is 2.48. The van der Waals surface area contributed by atoms with Crippen molar-refractivity contribution >= 4 is 22.0 Å². The Labute approximate surface area is 166 Å². The number of hydrogen-bond donors (Lipinski definition) is 3. The van der Waals surface area contributed by atoms with Gasteiger partial charge in [-0.05, 0) is 13.3 Å². The summed E-state index contributed by atoms with van der Waals surface area (Å²) in [4.78, 5) is 23.0. The molecule has 11 heteroatoms. The van der Waals surface area contributed by atoms with Crippen LogP contribution in [-0.2, 0) is 33.4 Å². The van der Waals surface area contributed by atoms with E-state index in [0.717, 1.165) is 6.54 Å². The largest absolute Gasteiger partial charge is 0.458 e. The first kappa shape index (κ1) is 24.8. The van der Waals surface area contributed by atoms with Crippen LogP contribution in [0.5, 0.6) is 0 Å². The third-order valence-corrected chi connectivity index (χ3v) is 5.57. The highest BCUT2D eigenvalue weighted by Crippen LogP contribution is 2.24. The maximum atomic E-state index is 12.2. The van der Waals surface area contributed by atoms with Gasteiger partial charge in [0.15, 0.2) is 6.10 Å². The van der Waals surface area contributed by atoms with Gasteiger partial charge >= 0.3 is 5.97 Å². The zero-order valence-corrected chi connectivity index (χ0v) is 17.7. The van der Waals surface area contributed by atoms with E-state index in [9.17, 15) is 23.1 Å². The number of ether oxygens (including phenoxy) is 2. The van der Waals surface area contributed by atoms with Gasteiger partial charge < -0.3 is 25.2 Å². The molecular formula is C17H32N2O8S. The van der Waals surface area contributed by atoms with Crippen molar-refractivity contribution < 1.29 is 36.8 Å². The Morgan fingerprint density at radius 1 is 1.39 bits per heavy atom. The van der Waals surface area contributed by atoms with E-state index < -0.39 is 33.7 Å². The lowest BCUT2D eigenvalue weighted by atomic mass is 9.87. The van der Waals surface area contributed by atoms with Gasteiger partial charge in [-0.1, -0.05) is 13.8 Å². The summed E-state index contributed by atoms with van der Waals surface area (Å²) in [7, 11) is -3.85. The quantitative estimate of drug-likeness (QED) is 0.220. The third kappa shape index (κ3) is 8.82. The number of carbonyl (C=O) groups excluding carboxylic acids is 2. The first-order chi connectivity index (χ1) is 12.9. The number of hydrogen-bond acceptors (Lipinski definition) is 9. The fourth-order valence-corrected chi connectivity index (χ4v) is 3.52. The van der Waals surface area contributed by atoms with Crippen LogP contribution in [0, 0.1) is 5.41 Å². The van der Waals surface area contributed by atoms with E-state index in [1.165, 1.54) is 20.8 Å². The molecule has 3 unspecified atom stereocenters. The highest BCUT2D eigenvalue weighted by Gasteiger charge is 2.38. The van der Waals surface area contributed by atoms with Gasteiger partial charge in [-0.2, -0.15) is 8.42 Å². The van der Waals surface area contributed by atoms with Crippen molar-refractivity contribution in [2.24, 2.45) is 5.41 Å². The van der Waals surface area contributed by atoms with E-state index in [1.54, 1.807) is 6.92 Å². The van der Waals surface area contributed by atoms with Crippen molar-refractivity contribution in [3.63, 3.8) is 0 Å². The van der Waals surface area contributed by atoms with Crippen molar-refractivity contribution in [1.29, 1.82) is 0 Å². The molecule has 0 radical (unpaired) electrons. The number of aliphatic hydroxyl groups is 1. The summed E-state index contributed by atoms with van der Waals surface area (Å²) >= 11 is 0. The second kappa shape index (κ2) is 11.1. The summed E-state index contributed by atoms with van der Waals surface area (Å²) < 4.78 is 39.6. The molecule has 28 heavy (non-hydrogen) atoms. The van der Waals surface area contributed by atoms with E-state index in [-0.39, 0.29) is 37.3 Å². The number of nitrogens with one attached hydrogen (secondary N) is 2. The minimum absolute atomic E-state index is 0.194. The monoisotopic (exact) mass is 424 g/mol. The molecule has 1 rings (SSSR count). The summed E-state index contributed by atoms with van der Waals surface area (Å²) in [5.74, 6) is -1.39.